The number of hydrogen-bond acceptors (Lipinski definition) is 5. The van der Waals surface area contributed by atoms with Crippen LogP contribution in [0.3, 0.4) is 0 Å². The van der Waals surface area contributed by atoms with Gasteiger partial charge in [0, 0.05) is 20.1 Å². The highest BCUT2D eigenvalue weighted by atomic mass is 16.2. The number of anilines is 1. The molecule has 7 nitrogen and oxygen atoms in total. The van der Waals surface area contributed by atoms with Gasteiger partial charge in [0.15, 0.2) is 5.65 Å². The van der Waals surface area contributed by atoms with E-state index in [0.29, 0.717) is 11.7 Å². The molecule has 1 amide bonds. The van der Waals surface area contributed by atoms with Crippen molar-refractivity contribution in [2.45, 2.75) is 19.3 Å². The Kier molecular flexibility index (Phi) is 5.00. The van der Waals surface area contributed by atoms with Crippen molar-refractivity contribution in [3.05, 3.63) is 48.4 Å². The van der Waals surface area contributed by atoms with Crippen molar-refractivity contribution in [1.29, 1.82) is 0 Å². The number of benzene rings is 1. The minimum Gasteiger partial charge on any atom is -0.360 e. The highest BCUT2D eigenvalue weighted by Crippen LogP contribution is 2.22. The van der Waals surface area contributed by atoms with Crippen LogP contribution in [-0.4, -0.2) is 50.2 Å². The van der Waals surface area contributed by atoms with Crippen LogP contribution in [0.15, 0.2) is 42.9 Å². The molecule has 140 valence electrons. The third kappa shape index (κ3) is 3.92. The monoisotopic (exact) mass is 364 g/mol. The van der Waals surface area contributed by atoms with Gasteiger partial charge in [0.1, 0.15) is 12.1 Å². The summed E-state index contributed by atoms with van der Waals surface area (Å²) in [6, 6.07) is 10.6. The first-order valence-corrected chi connectivity index (χ1v) is 9.39. The molecule has 4 rings (SSSR count). The van der Waals surface area contributed by atoms with E-state index in [2.05, 4.69) is 50.7 Å². The maximum absolute atomic E-state index is 12.6. The van der Waals surface area contributed by atoms with Gasteiger partial charge in [-0.1, -0.05) is 30.3 Å². The molecule has 3 aromatic rings. The standard InChI is InChI=1S/C20H24N6O/c1-25-20-17(12-24-25)19(22-14-23-20)21-13-18(27)26-9-7-16(8-10-26)11-15-5-3-2-4-6-15/h2-6,12,14,16H,7-11,13H2,1H3,(H,21,22,23). The lowest BCUT2D eigenvalue weighted by Crippen LogP contribution is -2.41. The highest BCUT2D eigenvalue weighted by Gasteiger charge is 2.23. The second-order valence-electron chi connectivity index (χ2n) is 7.10. The fraction of sp³-hybridized carbons (Fsp3) is 0.400. The molecule has 1 saturated heterocycles. The smallest absolute Gasteiger partial charge is 0.241 e. The predicted octanol–water partition coefficient (Wildman–Crippen LogP) is 2.26. The first kappa shape index (κ1) is 17.5. The van der Waals surface area contributed by atoms with E-state index in [-0.39, 0.29) is 12.5 Å². The maximum Gasteiger partial charge on any atom is 0.241 e. The minimum atomic E-state index is 0.115. The Bertz CT molecular complexity index is 915. The average molecular weight is 364 g/mol. The number of likely N-dealkylation sites (tertiary alicyclic amines) is 1. The zero-order valence-electron chi connectivity index (χ0n) is 15.5. The number of rotatable bonds is 5. The van der Waals surface area contributed by atoms with Gasteiger partial charge in [0.25, 0.3) is 0 Å². The molecule has 2 aromatic heterocycles. The summed E-state index contributed by atoms with van der Waals surface area (Å²) in [7, 11) is 1.84. The molecule has 0 unspecified atom stereocenters. The molecule has 7 heteroatoms. The van der Waals surface area contributed by atoms with Crippen molar-refractivity contribution in [3.63, 3.8) is 0 Å². The Balaban J connectivity index is 1.29. The summed E-state index contributed by atoms with van der Waals surface area (Å²) in [5.74, 6) is 1.42. The van der Waals surface area contributed by atoms with Crippen LogP contribution in [0.1, 0.15) is 18.4 Å². The molecule has 0 saturated carbocycles. The molecule has 1 N–H and O–H groups in total. The summed E-state index contributed by atoms with van der Waals surface area (Å²) in [6.45, 7) is 1.89. The van der Waals surface area contributed by atoms with Gasteiger partial charge in [0.05, 0.1) is 18.1 Å². The molecule has 1 fully saturated rings. The molecule has 0 bridgehead atoms. The lowest BCUT2D eigenvalue weighted by atomic mass is 9.90. The number of aryl methyl sites for hydroxylation is 1. The lowest BCUT2D eigenvalue weighted by Gasteiger charge is -2.32. The Labute approximate surface area is 158 Å². The number of amides is 1. The van der Waals surface area contributed by atoms with E-state index in [1.54, 1.807) is 10.9 Å². The highest BCUT2D eigenvalue weighted by molar-refractivity contribution is 5.88. The van der Waals surface area contributed by atoms with Crippen LogP contribution in [0.25, 0.3) is 11.0 Å². The molecule has 0 aliphatic carbocycles. The number of carbonyl (C=O) groups is 1. The van der Waals surface area contributed by atoms with Crippen molar-refractivity contribution in [2.24, 2.45) is 13.0 Å². The number of nitrogens with zero attached hydrogens (tertiary/aromatic N) is 5. The van der Waals surface area contributed by atoms with E-state index in [0.717, 1.165) is 43.4 Å². The van der Waals surface area contributed by atoms with Crippen LogP contribution >= 0.6 is 0 Å². The molecule has 0 radical (unpaired) electrons. The zero-order valence-corrected chi connectivity index (χ0v) is 15.5. The second-order valence-corrected chi connectivity index (χ2v) is 7.10. The molecule has 0 spiro atoms. The molecular formula is C20H24N6O. The normalized spacial score (nSPS) is 15.2. The summed E-state index contributed by atoms with van der Waals surface area (Å²) in [4.78, 5) is 23.0. The summed E-state index contributed by atoms with van der Waals surface area (Å²) >= 11 is 0. The predicted molar refractivity (Wildman–Crippen MR) is 104 cm³/mol. The van der Waals surface area contributed by atoms with E-state index in [1.807, 2.05) is 11.9 Å². The van der Waals surface area contributed by atoms with Gasteiger partial charge in [-0.3, -0.25) is 9.48 Å². The van der Waals surface area contributed by atoms with Crippen molar-refractivity contribution in [1.82, 2.24) is 24.6 Å². The van der Waals surface area contributed by atoms with Gasteiger partial charge in [-0.25, -0.2) is 9.97 Å². The number of hydrogen-bond donors (Lipinski definition) is 1. The van der Waals surface area contributed by atoms with Crippen molar-refractivity contribution in [3.8, 4) is 0 Å². The van der Waals surface area contributed by atoms with Crippen LogP contribution in [-0.2, 0) is 18.3 Å². The van der Waals surface area contributed by atoms with Crippen LogP contribution in [0.2, 0.25) is 0 Å². The Morgan fingerprint density at radius 3 is 2.74 bits per heavy atom. The van der Waals surface area contributed by atoms with Gasteiger partial charge in [0.2, 0.25) is 5.91 Å². The Hall–Kier alpha value is -2.96. The van der Waals surface area contributed by atoms with Crippen LogP contribution in [0.4, 0.5) is 5.82 Å². The van der Waals surface area contributed by atoms with Crippen LogP contribution in [0.5, 0.6) is 0 Å². The summed E-state index contributed by atoms with van der Waals surface area (Å²) in [5.41, 5.74) is 2.13. The molecule has 27 heavy (non-hydrogen) atoms. The van der Waals surface area contributed by atoms with E-state index in [4.69, 9.17) is 0 Å². The third-order valence-electron chi connectivity index (χ3n) is 5.27. The summed E-state index contributed by atoms with van der Waals surface area (Å²) < 4.78 is 1.70. The number of nitrogens with one attached hydrogen (secondary N) is 1. The van der Waals surface area contributed by atoms with Gasteiger partial charge in [-0.05, 0) is 30.7 Å². The number of fused-ring (bicyclic) bond motifs is 1. The quantitative estimate of drug-likeness (QED) is 0.751. The summed E-state index contributed by atoms with van der Waals surface area (Å²) in [5, 5.41) is 8.18. The van der Waals surface area contributed by atoms with Gasteiger partial charge in [-0.15, -0.1) is 0 Å². The molecule has 1 aliphatic rings. The number of piperidine rings is 1. The van der Waals surface area contributed by atoms with Crippen molar-refractivity contribution >= 4 is 22.8 Å². The van der Waals surface area contributed by atoms with E-state index in [1.165, 1.54) is 11.9 Å². The third-order valence-corrected chi connectivity index (χ3v) is 5.27. The average Bonchev–Trinajstić information content (AvgIpc) is 3.09. The molecule has 1 aliphatic heterocycles. The van der Waals surface area contributed by atoms with E-state index >= 15 is 0 Å². The first-order chi connectivity index (χ1) is 13.2. The Morgan fingerprint density at radius 2 is 1.96 bits per heavy atom. The number of aromatic nitrogens is 4. The van der Waals surface area contributed by atoms with Crippen LogP contribution < -0.4 is 5.32 Å². The maximum atomic E-state index is 12.6. The summed E-state index contributed by atoms with van der Waals surface area (Å²) in [6.07, 6.45) is 6.42. The molecule has 1 aromatic carbocycles. The SMILES string of the molecule is Cn1ncc2c(NCC(=O)N3CCC(Cc4ccccc4)CC3)ncnc21. The van der Waals surface area contributed by atoms with E-state index < -0.39 is 0 Å². The van der Waals surface area contributed by atoms with Gasteiger partial charge in [-0.2, -0.15) is 5.10 Å². The molecule has 0 atom stereocenters. The minimum absolute atomic E-state index is 0.115. The molecular weight excluding hydrogens is 340 g/mol. The van der Waals surface area contributed by atoms with Gasteiger partial charge >= 0.3 is 0 Å². The fourth-order valence-corrected chi connectivity index (χ4v) is 3.71. The fourth-order valence-electron chi connectivity index (χ4n) is 3.71. The lowest BCUT2D eigenvalue weighted by molar-refractivity contribution is -0.130. The molecule has 3 heterocycles. The Morgan fingerprint density at radius 1 is 1.19 bits per heavy atom. The van der Waals surface area contributed by atoms with E-state index in [9.17, 15) is 4.79 Å². The zero-order chi connectivity index (χ0) is 18.6. The number of carbonyl (C=O) groups excluding carboxylic acids is 1. The largest absolute Gasteiger partial charge is 0.360 e. The van der Waals surface area contributed by atoms with Crippen LogP contribution in [0, 0.1) is 5.92 Å². The topological polar surface area (TPSA) is 75.9 Å². The van der Waals surface area contributed by atoms with Crippen molar-refractivity contribution in [2.75, 3.05) is 25.0 Å². The van der Waals surface area contributed by atoms with Crippen molar-refractivity contribution < 1.29 is 4.79 Å². The second kappa shape index (κ2) is 7.73. The first-order valence-electron chi connectivity index (χ1n) is 9.39. The van der Waals surface area contributed by atoms with Gasteiger partial charge < -0.3 is 10.2 Å².